The molecule has 1 N–H and O–H groups in total. The van der Waals surface area contributed by atoms with Crippen molar-refractivity contribution in [2.45, 2.75) is 20.8 Å². The number of nitrogens with one attached hydrogen (secondary N) is 1. The smallest absolute Gasteiger partial charge is 0.307 e. The lowest BCUT2D eigenvalue weighted by atomic mass is 10.2. The van der Waals surface area contributed by atoms with Crippen LogP contribution in [0.4, 0.5) is 11.4 Å². The monoisotopic (exact) mass is 319 g/mol. The number of nitrogens with zero attached hydrogens (tertiary/aromatic N) is 2. The summed E-state index contributed by atoms with van der Waals surface area (Å²) in [6.07, 6.45) is 0. The quantitative estimate of drug-likeness (QED) is 0.922. The van der Waals surface area contributed by atoms with E-state index in [1.165, 1.54) is 4.57 Å². The second-order valence-corrected chi connectivity index (χ2v) is 5.98. The molecule has 0 bridgehead atoms. The zero-order chi connectivity index (χ0) is 16.3. The van der Waals surface area contributed by atoms with Crippen LogP contribution in [0.3, 0.4) is 0 Å². The van der Waals surface area contributed by atoms with E-state index in [2.05, 4.69) is 24.1 Å². The zero-order valence-corrected chi connectivity index (χ0v) is 14.2. The predicted molar refractivity (Wildman–Crippen MR) is 92.3 cm³/mol. The highest BCUT2D eigenvalue weighted by Crippen LogP contribution is 2.19. The van der Waals surface area contributed by atoms with Crippen LogP contribution in [0.1, 0.15) is 29.2 Å². The third-order valence-electron chi connectivity index (χ3n) is 3.75. The van der Waals surface area contributed by atoms with Gasteiger partial charge in [-0.3, -0.25) is 9.59 Å². The molecule has 0 atom stereocenters. The second kappa shape index (κ2) is 6.79. The van der Waals surface area contributed by atoms with Gasteiger partial charge in [-0.1, -0.05) is 11.3 Å². The summed E-state index contributed by atoms with van der Waals surface area (Å²) in [5.74, 6) is -0.240. The van der Waals surface area contributed by atoms with Gasteiger partial charge in [-0.05, 0) is 45.0 Å². The summed E-state index contributed by atoms with van der Waals surface area (Å²) >= 11 is 0.971. The van der Waals surface area contributed by atoms with Crippen molar-refractivity contribution >= 4 is 28.6 Å². The SMILES string of the molecule is CCN(CC)c1ccc(NC(=O)c2sc(=O)n(C)c2C)cc1. The van der Waals surface area contributed by atoms with Crippen molar-refractivity contribution in [3.8, 4) is 0 Å². The van der Waals surface area contributed by atoms with Gasteiger partial charge >= 0.3 is 4.87 Å². The molecule has 0 aliphatic rings. The lowest BCUT2D eigenvalue weighted by Crippen LogP contribution is -2.21. The Morgan fingerprint density at radius 2 is 1.82 bits per heavy atom. The summed E-state index contributed by atoms with van der Waals surface area (Å²) in [6, 6.07) is 7.74. The summed E-state index contributed by atoms with van der Waals surface area (Å²) < 4.78 is 1.49. The molecule has 1 amide bonds. The topological polar surface area (TPSA) is 54.3 Å². The molecular weight excluding hydrogens is 298 g/mol. The van der Waals surface area contributed by atoms with E-state index in [1.54, 1.807) is 14.0 Å². The molecule has 0 fully saturated rings. The molecule has 0 aliphatic carbocycles. The lowest BCUT2D eigenvalue weighted by Gasteiger charge is -2.21. The van der Waals surface area contributed by atoms with Crippen LogP contribution in [0.15, 0.2) is 29.1 Å². The minimum Gasteiger partial charge on any atom is -0.372 e. The number of rotatable bonds is 5. The van der Waals surface area contributed by atoms with Crippen LogP contribution in [-0.2, 0) is 7.05 Å². The first-order valence-corrected chi connectivity index (χ1v) is 8.12. The van der Waals surface area contributed by atoms with Crippen LogP contribution >= 0.6 is 11.3 Å². The van der Waals surface area contributed by atoms with Crippen molar-refractivity contribution in [1.82, 2.24) is 4.57 Å². The molecule has 118 valence electrons. The average Bonchev–Trinajstić information content (AvgIpc) is 2.78. The summed E-state index contributed by atoms with van der Waals surface area (Å²) in [5.41, 5.74) is 2.54. The first-order chi connectivity index (χ1) is 10.5. The highest BCUT2D eigenvalue weighted by molar-refractivity contribution is 7.11. The van der Waals surface area contributed by atoms with Gasteiger partial charge in [0, 0.05) is 37.2 Å². The van der Waals surface area contributed by atoms with E-state index in [1.807, 2.05) is 24.3 Å². The van der Waals surface area contributed by atoms with E-state index < -0.39 is 0 Å². The molecule has 1 aromatic carbocycles. The van der Waals surface area contributed by atoms with Gasteiger partial charge in [0.25, 0.3) is 5.91 Å². The van der Waals surface area contributed by atoms with Gasteiger partial charge in [0.2, 0.25) is 0 Å². The Balaban J connectivity index is 2.15. The average molecular weight is 319 g/mol. The Morgan fingerprint density at radius 1 is 1.23 bits per heavy atom. The van der Waals surface area contributed by atoms with E-state index in [0.717, 1.165) is 35.8 Å². The standard InChI is InChI=1S/C16H21N3O2S/c1-5-19(6-2)13-9-7-12(8-10-13)17-15(20)14-11(3)18(4)16(21)22-14/h7-10H,5-6H2,1-4H3,(H,17,20). The van der Waals surface area contributed by atoms with E-state index in [0.29, 0.717) is 10.6 Å². The van der Waals surface area contributed by atoms with E-state index in [-0.39, 0.29) is 10.8 Å². The molecule has 2 aromatic rings. The number of hydrogen-bond donors (Lipinski definition) is 1. The summed E-state index contributed by atoms with van der Waals surface area (Å²) in [6.45, 7) is 7.88. The van der Waals surface area contributed by atoms with Crippen LogP contribution in [-0.4, -0.2) is 23.6 Å². The minimum atomic E-state index is -0.240. The lowest BCUT2D eigenvalue weighted by molar-refractivity contribution is 0.102. The van der Waals surface area contributed by atoms with Gasteiger partial charge in [0.1, 0.15) is 4.88 Å². The van der Waals surface area contributed by atoms with Gasteiger partial charge in [-0.15, -0.1) is 0 Å². The molecule has 5 nitrogen and oxygen atoms in total. The van der Waals surface area contributed by atoms with Gasteiger partial charge in [0.05, 0.1) is 0 Å². The fourth-order valence-corrected chi connectivity index (χ4v) is 3.14. The van der Waals surface area contributed by atoms with Gasteiger partial charge in [-0.2, -0.15) is 0 Å². The first kappa shape index (κ1) is 16.3. The molecule has 2 rings (SSSR count). The molecule has 1 aromatic heterocycles. The molecule has 0 spiro atoms. The third kappa shape index (κ3) is 3.22. The van der Waals surface area contributed by atoms with Crippen molar-refractivity contribution in [1.29, 1.82) is 0 Å². The number of benzene rings is 1. The normalized spacial score (nSPS) is 10.5. The minimum absolute atomic E-state index is 0.125. The maximum absolute atomic E-state index is 12.3. The van der Waals surface area contributed by atoms with E-state index in [9.17, 15) is 9.59 Å². The zero-order valence-electron chi connectivity index (χ0n) is 13.3. The molecular formula is C16H21N3O2S. The maximum atomic E-state index is 12.3. The molecule has 0 radical (unpaired) electrons. The van der Waals surface area contributed by atoms with Crippen LogP contribution in [0.25, 0.3) is 0 Å². The van der Waals surface area contributed by atoms with Crippen molar-refractivity contribution in [3.63, 3.8) is 0 Å². The van der Waals surface area contributed by atoms with Crippen LogP contribution in [0.5, 0.6) is 0 Å². The van der Waals surface area contributed by atoms with E-state index >= 15 is 0 Å². The Hall–Kier alpha value is -2.08. The van der Waals surface area contributed by atoms with Gasteiger partial charge in [-0.25, -0.2) is 0 Å². The Kier molecular flexibility index (Phi) is 5.03. The maximum Gasteiger partial charge on any atom is 0.307 e. The summed E-state index contributed by atoms with van der Waals surface area (Å²) in [4.78, 5) is 26.4. The number of carbonyl (C=O) groups is 1. The van der Waals surface area contributed by atoms with Crippen molar-refractivity contribution in [3.05, 3.63) is 44.5 Å². The molecule has 6 heteroatoms. The molecule has 22 heavy (non-hydrogen) atoms. The summed E-state index contributed by atoms with van der Waals surface area (Å²) in [5, 5.41) is 2.84. The molecule has 1 heterocycles. The van der Waals surface area contributed by atoms with Crippen molar-refractivity contribution < 1.29 is 4.79 Å². The van der Waals surface area contributed by atoms with Crippen LogP contribution < -0.4 is 15.1 Å². The highest BCUT2D eigenvalue weighted by atomic mass is 32.1. The largest absolute Gasteiger partial charge is 0.372 e. The fourth-order valence-electron chi connectivity index (χ4n) is 2.26. The van der Waals surface area contributed by atoms with Crippen LogP contribution in [0, 0.1) is 6.92 Å². The van der Waals surface area contributed by atoms with Crippen LogP contribution in [0.2, 0.25) is 0 Å². The number of aromatic nitrogens is 1. The fraction of sp³-hybridized carbons (Fsp3) is 0.375. The number of anilines is 2. The number of amides is 1. The Bertz CT molecular complexity index is 712. The summed E-state index contributed by atoms with van der Waals surface area (Å²) in [7, 11) is 1.67. The molecule has 0 aliphatic heterocycles. The number of carbonyl (C=O) groups excluding carboxylic acids is 1. The Morgan fingerprint density at radius 3 is 2.27 bits per heavy atom. The molecule has 0 unspecified atom stereocenters. The number of hydrogen-bond acceptors (Lipinski definition) is 4. The highest BCUT2D eigenvalue weighted by Gasteiger charge is 2.16. The Labute approximate surface area is 134 Å². The van der Waals surface area contributed by atoms with E-state index in [4.69, 9.17) is 0 Å². The second-order valence-electron chi connectivity index (χ2n) is 5.01. The predicted octanol–water partition coefficient (Wildman–Crippen LogP) is 2.85. The van der Waals surface area contributed by atoms with Gasteiger partial charge < -0.3 is 14.8 Å². The third-order valence-corrected chi connectivity index (χ3v) is 4.89. The molecule has 0 saturated heterocycles. The van der Waals surface area contributed by atoms with Crippen molar-refractivity contribution in [2.24, 2.45) is 7.05 Å². The number of thiazole rings is 1. The first-order valence-electron chi connectivity index (χ1n) is 7.30. The van der Waals surface area contributed by atoms with Gasteiger partial charge in [0.15, 0.2) is 0 Å². The van der Waals surface area contributed by atoms with Crippen molar-refractivity contribution in [2.75, 3.05) is 23.3 Å². The molecule has 0 saturated carbocycles.